The molecule has 25 heavy (non-hydrogen) atoms. The molecule has 0 saturated carbocycles. The Morgan fingerprint density at radius 1 is 1.24 bits per heavy atom. The van der Waals surface area contributed by atoms with Gasteiger partial charge < -0.3 is 24.7 Å². The van der Waals surface area contributed by atoms with Crippen molar-refractivity contribution in [2.75, 3.05) is 13.7 Å². The number of methoxy groups -OCH3 is 1. The van der Waals surface area contributed by atoms with Crippen molar-refractivity contribution in [2.45, 2.75) is 26.2 Å². The summed E-state index contributed by atoms with van der Waals surface area (Å²) in [4.78, 5) is 27.0. The largest absolute Gasteiger partial charge is 0.507 e. The molecular formula is C18H21NO6. The molecule has 2 aromatic rings. The maximum Gasteiger partial charge on any atom is 0.306 e. The van der Waals surface area contributed by atoms with Gasteiger partial charge in [-0.3, -0.25) is 9.59 Å². The van der Waals surface area contributed by atoms with Gasteiger partial charge in [-0.2, -0.15) is 0 Å². The Labute approximate surface area is 144 Å². The van der Waals surface area contributed by atoms with Crippen LogP contribution in [0.2, 0.25) is 0 Å². The van der Waals surface area contributed by atoms with Crippen LogP contribution in [-0.4, -0.2) is 34.9 Å². The lowest BCUT2D eigenvalue weighted by Gasteiger charge is -2.18. The van der Waals surface area contributed by atoms with Crippen LogP contribution < -0.4 is 10.3 Å². The summed E-state index contributed by atoms with van der Waals surface area (Å²) in [5.41, 5.74) is 0.528. The van der Waals surface area contributed by atoms with Gasteiger partial charge in [-0.15, -0.1) is 0 Å². The van der Waals surface area contributed by atoms with Crippen molar-refractivity contribution < 1.29 is 24.5 Å². The molecule has 0 unspecified atom stereocenters. The molecule has 7 nitrogen and oxygen atoms in total. The SMILES string of the molecule is CCOC(=O)C[C@@H](c1ccc(OC)c(O)c1)c1c(O)cc(C)[nH]c1=O. The Hall–Kier alpha value is -2.96. The molecule has 0 amide bonds. The average Bonchev–Trinajstić information content (AvgIpc) is 2.53. The molecule has 1 aromatic heterocycles. The van der Waals surface area contributed by atoms with E-state index in [1.165, 1.54) is 25.3 Å². The number of aromatic amines is 1. The van der Waals surface area contributed by atoms with Crippen molar-refractivity contribution in [3.8, 4) is 17.2 Å². The summed E-state index contributed by atoms with van der Waals surface area (Å²) in [6.07, 6.45) is -0.153. The van der Waals surface area contributed by atoms with Gasteiger partial charge in [-0.1, -0.05) is 6.07 Å². The summed E-state index contributed by atoms with van der Waals surface area (Å²) >= 11 is 0. The molecule has 0 radical (unpaired) electrons. The molecule has 1 atom stereocenters. The second-order valence-corrected chi connectivity index (χ2v) is 5.57. The number of benzene rings is 1. The molecular weight excluding hydrogens is 326 g/mol. The summed E-state index contributed by atoms with van der Waals surface area (Å²) in [7, 11) is 1.42. The molecule has 7 heteroatoms. The number of hydrogen-bond donors (Lipinski definition) is 3. The molecule has 2 rings (SSSR count). The van der Waals surface area contributed by atoms with E-state index in [4.69, 9.17) is 9.47 Å². The number of pyridine rings is 1. The third-order valence-corrected chi connectivity index (χ3v) is 3.81. The number of nitrogens with one attached hydrogen (secondary N) is 1. The van der Waals surface area contributed by atoms with Gasteiger partial charge in [-0.25, -0.2) is 0 Å². The molecule has 0 spiro atoms. The molecule has 134 valence electrons. The summed E-state index contributed by atoms with van der Waals surface area (Å²) < 4.78 is 9.98. The van der Waals surface area contributed by atoms with Crippen molar-refractivity contribution in [3.05, 3.63) is 51.4 Å². The number of carbonyl (C=O) groups is 1. The molecule has 1 heterocycles. The maximum atomic E-state index is 12.4. The van der Waals surface area contributed by atoms with E-state index < -0.39 is 17.4 Å². The Bertz CT molecular complexity index is 827. The Morgan fingerprint density at radius 3 is 2.52 bits per heavy atom. The zero-order valence-corrected chi connectivity index (χ0v) is 14.3. The number of phenols is 1. The van der Waals surface area contributed by atoms with E-state index in [0.717, 1.165) is 0 Å². The number of aromatic nitrogens is 1. The number of phenolic OH excluding ortho intramolecular Hbond substituents is 1. The fourth-order valence-electron chi connectivity index (χ4n) is 2.72. The van der Waals surface area contributed by atoms with Crippen molar-refractivity contribution >= 4 is 5.97 Å². The average molecular weight is 347 g/mol. The highest BCUT2D eigenvalue weighted by molar-refractivity contribution is 5.72. The summed E-state index contributed by atoms with van der Waals surface area (Å²) in [6.45, 7) is 3.53. The number of aromatic hydroxyl groups is 2. The first kappa shape index (κ1) is 18.4. The van der Waals surface area contributed by atoms with E-state index >= 15 is 0 Å². The highest BCUT2D eigenvalue weighted by atomic mass is 16.5. The van der Waals surface area contributed by atoms with E-state index in [0.29, 0.717) is 11.3 Å². The first-order valence-corrected chi connectivity index (χ1v) is 7.82. The monoisotopic (exact) mass is 347 g/mol. The standard InChI is InChI=1S/C18H21NO6/c1-4-25-16(22)9-12(11-5-6-15(24-3)13(20)8-11)17-14(21)7-10(2)19-18(17)23/h5-8,12,20H,4,9H2,1-3H3,(H2,19,21,23)/t12-/m0/s1. The second kappa shape index (κ2) is 7.74. The Balaban J connectivity index is 2.56. The molecule has 0 fully saturated rings. The predicted octanol–water partition coefficient (Wildman–Crippen LogP) is 2.19. The summed E-state index contributed by atoms with van der Waals surface area (Å²) in [6, 6.07) is 5.98. The number of esters is 1. The van der Waals surface area contributed by atoms with Gasteiger partial charge in [0.15, 0.2) is 11.5 Å². The number of H-pyrrole nitrogens is 1. The van der Waals surface area contributed by atoms with E-state index in [1.807, 2.05) is 0 Å². The molecule has 0 bridgehead atoms. The molecule has 1 aromatic carbocycles. The highest BCUT2D eigenvalue weighted by Gasteiger charge is 2.26. The maximum absolute atomic E-state index is 12.4. The van der Waals surface area contributed by atoms with E-state index in [9.17, 15) is 19.8 Å². The van der Waals surface area contributed by atoms with Gasteiger partial charge in [0, 0.05) is 11.6 Å². The van der Waals surface area contributed by atoms with Gasteiger partial charge in [0.25, 0.3) is 5.56 Å². The fraction of sp³-hybridized carbons (Fsp3) is 0.333. The van der Waals surface area contributed by atoms with Gasteiger partial charge in [0.2, 0.25) is 0 Å². The van der Waals surface area contributed by atoms with Gasteiger partial charge in [0.1, 0.15) is 5.75 Å². The smallest absolute Gasteiger partial charge is 0.306 e. The minimum absolute atomic E-state index is 0.0446. The van der Waals surface area contributed by atoms with E-state index in [2.05, 4.69) is 4.98 Å². The van der Waals surface area contributed by atoms with Gasteiger partial charge in [-0.05, 0) is 37.6 Å². The van der Waals surface area contributed by atoms with E-state index in [-0.39, 0.29) is 35.8 Å². The zero-order valence-electron chi connectivity index (χ0n) is 14.3. The first-order chi connectivity index (χ1) is 11.9. The molecule has 0 aliphatic rings. The number of ether oxygens (including phenoxy) is 2. The van der Waals surface area contributed by atoms with E-state index in [1.54, 1.807) is 19.9 Å². The normalized spacial score (nSPS) is 11.8. The van der Waals surface area contributed by atoms with Crippen LogP contribution in [-0.2, 0) is 9.53 Å². The molecule has 0 aliphatic heterocycles. The highest BCUT2D eigenvalue weighted by Crippen LogP contribution is 2.36. The number of hydrogen-bond acceptors (Lipinski definition) is 6. The van der Waals surface area contributed by atoms with Crippen molar-refractivity contribution in [1.82, 2.24) is 4.98 Å². The Morgan fingerprint density at radius 2 is 1.96 bits per heavy atom. The minimum Gasteiger partial charge on any atom is -0.507 e. The van der Waals surface area contributed by atoms with Crippen LogP contribution >= 0.6 is 0 Å². The minimum atomic E-state index is -0.778. The fourth-order valence-corrected chi connectivity index (χ4v) is 2.72. The van der Waals surface area contributed by atoms with Crippen LogP contribution in [0.4, 0.5) is 0 Å². The molecule has 3 N–H and O–H groups in total. The zero-order chi connectivity index (χ0) is 18.6. The lowest BCUT2D eigenvalue weighted by Crippen LogP contribution is -2.21. The predicted molar refractivity (Wildman–Crippen MR) is 91.2 cm³/mol. The lowest BCUT2D eigenvalue weighted by atomic mass is 9.88. The van der Waals surface area contributed by atoms with Crippen LogP contribution in [0.25, 0.3) is 0 Å². The molecule has 0 saturated heterocycles. The number of aryl methyl sites for hydroxylation is 1. The van der Waals surface area contributed by atoms with Crippen LogP contribution in [0.3, 0.4) is 0 Å². The van der Waals surface area contributed by atoms with Crippen molar-refractivity contribution in [2.24, 2.45) is 0 Å². The van der Waals surface area contributed by atoms with Gasteiger partial charge >= 0.3 is 5.97 Å². The topological polar surface area (TPSA) is 109 Å². The molecule has 0 aliphatic carbocycles. The number of rotatable bonds is 6. The van der Waals surface area contributed by atoms with Crippen LogP contribution in [0.5, 0.6) is 17.2 Å². The number of carbonyl (C=O) groups excluding carboxylic acids is 1. The third-order valence-electron chi connectivity index (χ3n) is 3.81. The van der Waals surface area contributed by atoms with Crippen LogP contribution in [0.15, 0.2) is 29.1 Å². The summed E-state index contributed by atoms with van der Waals surface area (Å²) in [5.74, 6) is -1.37. The first-order valence-electron chi connectivity index (χ1n) is 7.82. The Kier molecular flexibility index (Phi) is 5.69. The van der Waals surface area contributed by atoms with Crippen molar-refractivity contribution in [3.63, 3.8) is 0 Å². The quantitative estimate of drug-likeness (QED) is 0.691. The third kappa shape index (κ3) is 4.12. The van der Waals surface area contributed by atoms with Gasteiger partial charge in [0.05, 0.1) is 25.7 Å². The van der Waals surface area contributed by atoms with Crippen LogP contribution in [0, 0.1) is 6.92 Å². The summed E-state index contributed by atoms with van der Waals surface area (Å²) in [5, 5.41) is 20.3. The van der Waals surface area contributed by atoms with Crippen LogP contribution in [0.1, 0.15) is 36.1 Å². The van der Waals surface area contributed by atoms with Crippen molar-refractivity contribution in [1.29, 1.82) is 0 Å². The lowest BCUT2D eigenvalue weighted by molar-refractivity contribution is -0.143. The second-order valence-electron chi connectivity index (χ2n) is 5.57.